The molecule has 0 saturated heterocycles. The lowest BCUT2D eigenvalue weighted by Crippen LogP contribution is -2.45. The second-order valence-corrected chi connectivity index (χ2v) is 19.6. The highest BCUT2D eigenvalue weighted by Crippen LogP contribution is 2.17. The highest BCUT2D eigenvalue weighted by Gasteiger charge is 2.20. The molecule has 3 N–H and O–H groups in total. The van der Waals surface area contributed by atoms with Gasteiger partial charge in [-0.05, 0) is 51.4 Å². The summed E-state index contributed by atoms with van der Waals surface area (Å²) in [4.78, 5) is 24.5. The van der Waals surface area contributed by atoms with E-state index in [0.29, 0.717) is 25.9 Å². The van der Waals surface area contributed by atoms with Gasteiger partial charge in [0.1, 0.15) is 0 Å². The molecular formula is C58H111NO5. The topological polar surface area (TPSA) is 95.9 Å². The summed E-state index contributed by atoms with van der Waals surface area (Å²) in [5.74, 6) is -0.0519. The van der Waals surface area contributed by atoms with E-state index in [1.165, 1.54) is 218 Å². The number of carbonyl (C=O) groups is 2. The number of unbranched alkanes of at least 4 members (excludes halogenated alkanes) is 38. The minimum atomic E-state index is -0.669. The first-order chi connectivity index (χ1) is 31.5. The van der Waals surface area contributed by atoms with Crippen molar-refractivity contribution in [3.8, 4) is 0 Å². The summed E-state index contributed by atoms with van der Waals surface area (Å²) in [6.07, 6.45) is 64.4. The molecule has 0 aromatic carbocycles. The van der Waals surface area contributed by atoms with Crippen molar-refractivity contribution in [3.05, 3.63) is 24.3 Å². The van der Waals surface area contributed by atoms with Gasteiger partial charge in [0, 0.05) is 12.8 Å². The fourth-order valence-corrected chi connectivity index (χ4v) is 8.85. The Labute approximate surface area is 399 Å². The number of rotatable bonds is 53. The van der Waals surface area contributed by atoms with E-state index >= 15 is 0 Å². The highest BCUT2D eigenvalue weighted by atomic mass is 16.5. The zero-order valence-electron chi connectivity index (χ0n) is 43.0. The second-order valence-electron chi connectivity index (χ2n) is 19.6. The number of hydrogen-bond acceptors (Lipinski definition) is 5. The number of carbonyl (C=O) groups excluding carboxylic acids is 2. The molecule has 0 aliphatic heterocycles. The SMILES string of the molecule is CCC/C=C\C/C=C\CCCCCCCC(=O)OCCCCCCCCCCCCCCCCCCC(=O)NC(CO)C(O)CCCCCCCCCCCCCCCCCCCC. The van der Waals surface area contributed by atoms with Gasteiger partial charge >= 0.3 is 5.97 Å². The lowest BCUT2D eigenvalue weighted by atomic mass is 10.0. The number of hydrogen-bond donors (Lipinski definition) is 3. The Kier molecular flexibility index (Phi) is 52.6. The molecule has 0 aromatic heterocycles. The molecule has 0 heterocycles. The first-order valence-electron chi connectivity index (χ1n) is 28.6. The molecule has 0 rings (SSSR count). The van der Waals surface area contributed by atoms with Gasteiger partial charge in [-0.25, -0.2) is 0 Å². The molecule has 0 bridgehead atoms. The molecule has 0 spiro atoms. The molecule has 0 aliphatic rings. The van der Waals surface area contributed by atoms with Gasteiger partial charge in [0.25, 0.3) is 0 Å². The van der Waals surface area contributed by atoms with Crippen molar-refractivity contribution in [2.75, 3.05) is 13.2 Å². The summed E-state index contributed by atoms with van der Waals surface area (Å²) in [6.45, 7) is 4.88. The van der Waals surface area contributed by atoms with E-state index in [4.69, 9.17) is 4.74 Å². The normalized spacial score (nSPS) is 12.8. The molecule has 1 amide bonds. The number of aliphatic hydroxyl groups excluding tert-OH is 2. The Bertz CT molecular complexity index is 997. The quantitative estimate of drug-likeness (QED) is 0.0321. The van der Waals surface area contributed by atoms with Crippen LogP contribution in [0.3, 0.4) is 0 Å². The molecule has 6 heteroatoms. The molecular weight excluding hydrogens is 791 g/mol. The van der Waals surface area contributed by atoms with Crippen LogP contribution in [-0.2, 0) is 14.3 Å². The summed E-state index contributed by atoms with van der Waals surface area (Å²) in [5.41, 5.74) is 0. The fourth-order valence-electron chi connectivity index (χ4n) is 8.85. The third kappa shape index (κ3) is 49.8. The first-order valence-corrected chi connectivity index (χ1v) is 28.6. The Balaban J connectivity index is 3.43. The molecule has 0 fully saturated rings. The highest BCUT2D eigenvalue weighted by molar-refractivity contribution is 5.76. The molecule has 378 valence electrons. The Morgan fingerprint density at radius 3 is 1.25 bits per heavy atom. The van der Waals surface area contributed by atoms with Crippen LogP contribution in [0, 0.1) is 0 Å². The van der Waals surface area contributed by atoms with Crippen molar-refractivity contribution in [1.82, 2.24) is 5.32 Å². The number of amides is 1. The van der Waals surface area contributed by atoms with Gasteiger partial charge in [-0.3, -0.25) is 9.59 Å². The number of ether oxygens (including phenoxy) is 1. The number of nitrogens with one attached hydrogen (secondary N) is 1. The van der Waals surface area contributed by atoms with Crippen molar-refractivity contribution >= 4 is 11.9 Å². The van der Waals surface area contributed by atoms with Crippen LogP contribution in [0.5, 0.6) is 0 Å². The van der Waals surface area contributed by atoms with Gasteiger partial charge in [0.05, 0.1) is 25.4 Å². The molecule has 2 unspecified atom stereocenters. The summed E-state index contributed by atoms with van der Waals surface area (Å²) < 4.78 is 5.46. The van der Waals surface area contributed by atoms with Crippen molar-refractivity contribution in [2.24, 2.45) is 0 Å². The second kappa shape index (κ2) is 54.0. The lowest BCUT2D eigenvalue weighted by molar-refractivity contribution is -0.143. The monoisotopic (exact) mass is 902 g/mol. The van der Waals surface area contributed by atoms with Crippen LogP contribution >= 0.6 is 0 Å². The van der Waals surface area contributed by atoms with E-state index in [9.17, 15) is 19.8 Å². The Morgan fingerprint density at radius 1 is 0.438 bits per heavy atom. The van der Waals surface area contributed by atoms with Crippen LogP contribution in [0.15, 0.2) is 24.3 Å². The minimum absolute atomic E-state index is 0.0118. The van der Waals surface area contributed by atoms with E-state index in [1.807, 2.05) is 0 Å². The van der Waals surface area contributed by atoms with Gasteiger partial charge < -0.3 is 20.3 Å². The van der Waals surface area contributed by atoms with E-state index < -0.39 is 12.1 Å². The van der Waals surface area contributed by atoms with Crippen LogP contribution in [0.2, 0.25) is 0 Å². The Hall–Kier alpha value is -1.66. The fraction of sp³-hybridized carbons (Fsp3) is 0.897. The van der Waals surface area contributed by atoms with Crippen molar-refractivity contribution < 1.29 is 24.5 Å². The molecule has 2 atom stereocenters. The van der Waals surface area contributed by atoms with E-state index in [2.05, 4.69) is 43.5 Å². The van der Waals surface area contributed by atoms with E-state index in [1.54, 1.807) is 0 Å². The third-order valence-electron chi connectivity index (χ3n) is 13.2. The van der Waals surface area contributed by atoms with Gasteiger partial charge in [0.15, 0.2) is 0 Å². The van der Waals surface area contributed by atoms with Crippen LogP contribution in [-0.4, -0.2) is 47.4 Å². The summed E-state index contributed by atoms with van der Waals surface area (Å²) in [5, 5.41) is 23.3. The van der Waals surface area contributed by atoms with E-state index in [-0.39, 0.29) is 18.5 Å². The summed E-state index contributed by atoms with van der Waals surface area (Å²) in [6, 6.07) is -0.547. The third-order valence-corrected chi connectivity index (χ3v) is 13.2. The molecule has 64 heavy (non-hydrogen) atoms. The minimum Gasteiger partial charge on any atom is -0.466 e. The molecule has 0 saturated carbocycles. The maximum atomic E-state index is 12.5. The van der Waals surface area contributed by atoms with Crippen LogP contribution in [0.25, 0.3) is 0 Å². The van der Waals surface area contributed by atoms with Crippen molar-refractivity contribution in [2.45, 2.75) is 321 Å². The van der Waals surface area contributed by atoms with Crippen LogP contribution in [0.1, 0.15) is 309 Å². The summed E-state index contributed by atoms with van der Waals surface area (Å²) >= 11 is 0. The molecule has 6 nitrogen and oxygen atoms in total. The zero-order valence-corrected chi connectivity index (χ0v) is 43.0. The first kappa shape index (κ1) is 62.3. The lowest BCUT2D eigenvalue weighted by Gasteiger charge is -2.22. The van der Waals surface area contributed by atoms with Gasteiger partial charge in [-0.1, -0.05) is 269 Å². The predicted molar refractivity (Wildman–Crippen MR) is 278 cm³/mol. The van der Waals surface area contributed by atoms with Crippen molar-refractivity contribution in [1.29, 1.82) is 0 Å². The van der Waals surface area contributed by atoms with Gasteiger partial charge in [-0.2, -0.15) is 0 Å². The van der Waals surface area contributed by atoms with Gasteiger partial charge in [-0.15, -0.1) is 0 Å². The van der Waals surface area contributed by atoms with Gasteiger partial charge in [0.2, 0.25) is 5.91 Å². The Morgan fingerprint density at radius 2 is 0.812 bits per heavy atom. The standard InChI is InChI=1S/C58H111NO5/c1-3-5-7-9-11-13-15-17-18-19-20-23-27-30-34-38-42-46-50-56(61)55(54-60)59-57(62)51-47-43-39-35-31-28-24-21-22-25-29-33-37-41-45-49-53-64-58(63)52-48-44-40-36-32-26-16-14-12-10-8-6-4-2/h8,10,14,16,55-56,60-61H,3-7,9,11-13,15,17-54H2,1-2H3,(H,59,62)/b10-8-,16-14-. The number of esters is 1. The zero-order chi connectivity index (χ0) is 46.5. The smallest absolute Gasteiger partial charge is 0.305 e. The number of aliphatic hydroxyl groups is 2. The average Bonchev–Trinajstić information content (AvgIpc) is 3.29. The largest absolute Gasteiger partial charge is 0.466 e. The summed E-state index contributed by atoms with van der Waals surface area (Å²) in [7, 11) is 0. The van der Waals surface area contributed by atoms with Crippen LogP contribution in [0.4, 0.5) is 0 Å². The van der Waals surface area contributed by atoms with Crippen LogP contribution < -0.4 is 5.32 Å². The molecule has 0 radical (unpaired) electrons. The maximum absolute atomic E-state index is 12.5. The molecule has 0 aromatic rings. The molecule has 0 aliphatic carbocycles. The average molecular weight is 903 g/mol. The van der Waals surface area contributed by atoms with Crippen molar-refractivity contribution in [3.63, 3.8) is 0 Å². The predicted octanol–water partition coefficient (Wildman–Crippen LogP) is 17.5. The number of allylic oxidation sites excluding steroid dienone is 4. The van der Waals surface area contributed by atoms with E-state index in [0.717, 1.165) is 57.8 Å². The maximum Gasteiger partial charge on any atom is 0.305 e.